The van der Waals surface area contributed by atoms with Gasteiger partial charge in [-0.15, -0.1) is 0 Å². The maximum absolute atomic E-state index is 13.4. The molecule has 3 rings (SSSR count). The summed E-state index contributed by atoms with van der Waals surface area (Å²) in [5.74, 6) is -1.93. The molecule has 1 unspecified atom stereocenters. The molecule has 2 N–H and O–H groups in total. The number of carbonyl (C=O) groups is 2. The van der Waals surface area contributed by atoms with Gasteiger partial charge >= 0.3 is 0 Å². The Hall–Kier alpha value is -2.81. The largest absolute Gasteiger partial charge is 0.344 e. The van der Waals surface area contributed by atoms with Gasteiger partial charge in [-0.3, -0.25) is 9.59 Å². The Labute approximate surface area is 199 Å². The van der Waals surface area contributed by atoms with E-state index in [9.17, 15) is 18.4 Å². The smallest absolute Gasteiger partial charge is 0.248 e. The summed E-state index contributed by atoms with van der Waals surface area (Å²) in [6.07, 6.45) is 7.89. The van der Waals surface area contributed by atoms with Gasteiger partial charge in [0, 0.05) is 24.3 Å². The maximum atomic E-state index is 13.4. The minimum atomic E-state index is -0.774. The summed E-state index contributed by atoms with van der Waals surface area (Å²) in [6, 6.07) is 2.19. The number of amides is 2. The summed E-state index contributed by atoms with van der Waals surface area (Å²) >= 11 is 0. The van der Waals surface area contributed by atoms with E-state index in [0.29, 0.717) is 18.7 Å². The summed E-state index contributed by atoms with van der Waals surface area (Å²) in [5.41, 5.74) is 0.0519. The molecule has 0 aliphatic carbocycles. The lowest BCUT2D eigenvalue weighted by Gasteiger charge is -2.28. The Morgan fingerprint density at radius 3 is 2.47 bits per heavy atom. The number of halogens is 2. The van der Waals surface area contributed by atoms with Crippen molar-refractivity contribution in [3.8, 4) is 0 Å². The first-order valence-electron chi connectivity index (χ1n) is 12.0. The molecule has 34 heavy (non-hydrogen) atoms. The van der Waals surface area contributed by atoms with Crippen LogP contribution in [0, 0.1) is 11.6 Å². The van der Waals surface area contributed by atoms with E-state index < -0.39 is 23.6 Å². The molecule has 7 nitrogen and oxygen atoms in total. The predicted molar refractivity (Wildman–Crippen MR) is 127 cm³/mol. The molecule has 186 valence electrons. The van der Waals surface area contributed by atoms with E-state index in [1.54, 1.807) is 6.33 Å². The molecule has 0 saturated carbocycles. The van der Waals surface area contributed by atoms with E-state index in [1.165, 1.54) is 12.8 Å². The van der Waals surface area contributed by atoms with Crippen molar-refractivity contribution in [3.63, 3.8) is 0 Å². The van der Waals surface area contributed by atoms with Crippen LogP contribution in [0.4, 0.5) is 14.6 Å². The number of hydrogen-bond donors (Lipinski definition) is 2. The Morgan fingerprint density at radius 1 is 1.15 bits per heavy atom. The van der Waals surface area contributed by atoms with E-state index >= 15 is 0 Å². The van der Waals surface area contributed by atoms with Gasteiger partial charge in [0.25, 0.3) is 0 Å². The van der Waals surface area contributed by atoms with Gasteiger partial charge in [0.1, 0.15) is 17.7 Å². The highest BCUT2D eigenvalue weighted by molar-refractivity contribution is 5.96. The molecule has 1 atom stereocenters. The summed E-state index contributed by atoms with van der Waals surface area (Å²) < 4.78 is 28.8. The number of aromatic nitrogens is 2. The summed E-state index contributed by atoms with van der Waals surface area (Å²) in [4.78, 5) is 32.1. The molecular weight excluding hydrogens is 440 g/mol. The molecule has 0 spiro atoms. The zero-order valence-electron chi connectivity index (χ0n) is 20.2. The number of benzene rings is 1. The fourth-order valence-corrected chi connectivity index (χ4v) is 4.20. The molecule has 1 saturated heterocycles. The normalized spacial score (nSPS) is 15.3. The quantitative estimate of drug-likeness (QED) is 0.518. The SMILES string of the molecule is CCCC(NC(=O)Cc1cc(F)cc(F)c1)C(=O)Nc1cn(C(C)(C)CCN2CCCC2)cn1. The number of imidazole rings is 1. The standard InChI is InChI=1S/C25H35F2N5O2/c1-4-7-21(29-23(33)14-18-12-19(26)15-20(27)13-18)24(34)30-22-16-32(17-28-22)25(2,3)8-11-31-9-5-6-10-31/h12-13,15-17,21H,4-11,14H2,1-3H3,(H,29,33)(H,30,34). The van der Waals surface area contributed by atoms with Gasteiger partial charge in [0.15, 0.2) is 5.82 Å². The van der Waals surface area contributed by atoms with Crippen LogP contribution < -0.4 is 10.6 Å². The van der Waals surface area contributed by atoms with Crippen molar-refractivity contribution in [3.05, 3.63) is 47.9 Å². The first kappa shape index (κ1) is 25.8. The lowest BCUT2D eigenvalue weighted by molar-refractivity contribution is -0.126. The molecular formula is C25H35F2N5O2. The van der Waals surface area contributed by atoms with E-state index in [2.05, 4.69) is 34.4 Å². The highest BCUT2D eigenvalue weighted by Gasteiger charge is 2.25. The van der Waals surface area contributed by atoms with Crippen molar-refractivity contribution in [1.82, 2.24) is 19.8 Å². The van der Waals surface area contributed by atoms with E-state index in [0.717, 1.165) is 44.3 Å². The average Bonchev–Trinajstić information content (AvgIpc) is 3.43. The van der Waals surface area contributed by atoms with Gasteiger partial charge in [0.05, 0.1) is 12.7 Å². The van der Waals surface area contributed by atoms with Gasteiger partial charge < -0.3 is 20.1 Å². The maximum Gasteiger partial charge on any atom is 0.248 e. The minimum Gasteiger partial charge on any atom is -0.344 e. The Kier molecular flexibility index (Phi) is 8.77. The van der Waals surface area contributed by atoms with Crippen molar-refractivity contribution in [2.45, 2.75) is 70.9 Å². The van der Waals surface area contributed by atoms with Gasteiger partial charge in [-0.25, -0.2) is 13.8 Å². The molecule has 2 heterocycles. The first-order chi connectivity index (χ1) is 16.2. The van der Waals surface area contributed by atoms with Crippen molar-refractivity contribution >= 4 is 17.6 Å². The zero-order chi connectivity index (χ0) is 24.7. The highest BCUT2D eigenvalue weighted by atomic mass is 19.1. The fraction of sp³-hybridized carbons (Fsp3) is 0.560. The van der Waals surface area contributed by atoms with E-state index in [4.69, 9.17) is 0 Å². The van der Waals surface area contributed by atoms with Crippen LogP contribution >= 0.6 is 0 Å². The molecule has 9 heteroatoms. The molecule has 2 amide bonds. The molecule has 2 aromatic rings. The number of nitrogens with zero attached hydrogens (tertiary/aromatic N) is 3. The topological polar surface area (TPSA) is 79.3 Å². The highest BCUT2D eigenvalue weighted by Crippen LogP contribution is 2.23. The van der Waals surface area contributed by atoms with Crippen LogP contribution in [-0.2, 0) is 21.5 Å². The van der Waals surface area contributed by atoms with Crippen LogP contribution in [0.25, 0.3) is 0 Å². The van der Waals surface area contributed by atoms with Crippen LogP contribution in [0.2, 0.25) is 0 Å². The molecule has 1 aromatic heterocycles. The third-order valence-corrected chi connectivity index (χ3v) is 6.29. The Morgan fingerprint density at radius 2 is 1.82 bits per heavy atom. The van der Waals surface area contributed by atoms with Crippen molar-refractivity contribution in [2.24, 2.45) is 0 Å². The van der Waals surface area contributed by atoms with Crippen LogP contribution in [-0.4, -0.2) is 51.9 Å². The number of carbonyl (C=O) groups excluding carboxylic acids is 2. The fourth-order valence-electron chi connectivity index (χ4n) is 4.20. The molecule has 0 radical (unpaired) electrons. The predicted octanol–water partition coefficient (Wildman–Crippen LogP) is 3.85. The van der Waals surface area contributed by atoms with Gasteiger partial charge in [-0.05, 0) is 70.3 Å². The summed E-state index contributed by atoms with van der Waals surface area (Å²) in [6.45, 7) is 9.52. The third-order valence-electron chi connectivity index (χ3n) is 6.29. The number of hydrogen-bond acceptors (Lipinski definition) is 4. The zero-order valence-corrected chi connectivity index (χ0v) is 20.2. The van der Waals surface area contributed by atoms with Gasteiger partial charge in [-0.1, -0.05) is 13.3 Å². The van der Waals surface area contributed by atoms with Crippen molar-refractivity contribution in [2.75, 3.05) is 25.0 Å². The van der Waals surface area contributed by atoms with E-state index in [-0.39, 0.29) is 23.4 Å². The van der Waals surface area contributed by atoms with Crippen LogP contribution in [0.15, 0.2) is 30.7 Å². The second-order valence-corrected chi connectivity index (χ2v) is 9.63. The first-order valence-corrected chi connectivity index (χ1v) is 12.0. The van der Waals surface area contributed by atoms with Crippen LogP contribution in [0.1, 0.15) is 58.4 Å². The van der Waals surface area contributed by atoms with Gasteiger partial charge in [-0.2, -0.15) is 0 Å². The lowest BCUT2D eigenvalue weighted by atomic mass is 10.0. The van der Waals surface area contributed by atoms with E-state index in [1.807, 2.05) is 17.7 Å². The number of rotatable bonds is 11. The summed E-state index contributed by atoms with van der Waals surface area (Å²) in [5, 5.41) is 5.47. The Bertz CT molecular complexity index is 965. The van der Waals surface area contributed by atoms with Gasteiger partial charge in [0.2, 0.25) is 11.8 Å². The molecule has 1 aromatic carbocycles. The third kappa shape index (κ3) is 7.35. The second kappa shape index (κ2) is 11.6. The molecule has 0 bridgehead atoms. The van der Waals surface area contributed by atoms with Crippen molar-refractivity contribution < 1.29 is 18.4 Å². The lowest BCUT2D eigenvalue weighted by Crippen LogP contribution is -2.44. The average molecular weight is 476 g/mol. The number of likely N-dealkylation sites (tertiary alicyclic amines) is 1. The molecule has 1 aliphatic rings. The van der Waals surface area contributed by atoms with Crippen molar-refractivity contribution in [1.29, 1.82) is 0 Å². The minimum absolute atomic E-state index is 0.157. The molecule has 1 fully saturated rings. The molecule has 1 aliphatic heterocycles. The number of anilines is 1. The Balaban J connectivity index is 1.57. The van der Waals surface area contributed by atoms with Crippen LogP contribution in [0.3, 0.4) is 0 Å². The van der Waals surface area contributed by atoms with Crippen LogP contribution in [0.5, 0.6) is 0 Å². The second-order valence-electron chi connectivity index (χ2n) is 9.63. The summed E-state index contributed by atoms with van der Waals surface area (Å²) in [7, 11) is 0. The number of nitrogens with one attached hydrogen (secondary N) is 2. The monoisotopic (exact) mass is 475 g/mol.